The third-order valence-electron chi connectivity index (χ3n) is 3.19. The topological polar surface area (TPSA) is 89.3 Å². The molecule has 0 aliphatic carbocycles. The molecule has 8 heteroatoms. The van der Waals surface area contributed by atoms with Crippen molar-refractivity contribution in [3.05, 3.63) is 27.7 Å². The minimum absolute atomic E-state index is 0.0867. The second-order valence-corrected chi connectivity index (χ2v) is 7.85. The van der Waals surface area contributed by atoms with E-state index in [1.807, 2.05) is 0 Å². The first-order valence-corrected chi connectivity index (χ1v) is 8.62. The SMILES string of the molecule is Nc1cc(Cl)c(Cl)c(C(=O)NC2CCS(=O)(=O)CC2)c1. The summed E-state index contributed by atoms with van der Waals surface area (Å²) in [5.74, 6) is -0.222. The summed E-state index contributed by atoms with van der Waals surface area (Å²) in [6.07, 6.45) is 0.809. The number of rotatable bonds is 2. The fraction of sp³-hybridized carbons (Fsp3) is 0.417. The smallest absolute Gasteiger partial charge is 0.253 e. The van der Waals surface area contributed by atoms with E-state index >= 15 is 0 Å². The summed E-state index contributed by atoms with van der Waals surface area (Å²) < 4.78 is 22.7. The van der Waals surface area contributed by atoms with Crippen LogP contribution >= 0.6 is 23.2 Å². The number of hydrogen-bond acceptors (Lipinski definition) is 4. The zero-order valence-corrected chi connectivity index (χ0v) is 12.9. The van der Waals surface area contributed by atoms with Crippen LogP contribution in [-0.2, 0) is 9.84 Å². The Morgan fingerprint density at radius 1 is 1.25 bits per heavy atom. The maximum Gasteiger partial charge on any atom is 0.253 e. The van der Waals surface area contributed by atoms with E-state index in [0.29, 0.717) is 18.5 Å². The number of nitrogens with one attached hydrogen (secondary N) is 1. The second kappa shape index (κ2) is 5.79. The van der Waals surface area contributed by atoms with Gasteiger partial charge >= 0.3 is 0 Å². The number of nitrogen functional groups attached to an aromatic ring is 1. The van der Waals surface area contributed by atoms with E-state index in [0.717, 1.165) is 0 Å². The predicted octanol–water partition coefficient (Wildman–Crippen LogP) is 1.88. The number of anilines is 1. The lowest BCUT2D eigenvalue weighted by molar-refractivity contribution is 0.0934. The molecule has 2 rings (SSSR count). The van der Waals surface area contributed by atoms with Crippen molar-refractivity contribution < 1.29 is 13.2 Å². The van der Waals surface area contributed by atoms with Crippen molar-refractivity contribution in [2.24, 2.45) is 0 Å². The summed E-state index contributed by atoms with van der Waals surface area (Å²) in [7, 11) is -2.96. The minimum atomic E-state index is -2.96. The molecule has 1 aromatic rings. The average Bonchev–Trinajstić information content (AvgIpc) is 2.36. The monoisotopic (exact) mass is 336 g/mol. The lowest BCUT2D eigenvalue weighted by Gasteiger charge is -2.23. The molecule has 3 N–H and O–H groups in total. The molecule has 1 amide bonds. The first-order chi connectivity index (χ1) is 9.28. The molecule has 1 aliphatic rings. The van der Waals surface area contributed by atoms with E-state index in [2.05, 4.69) is 5.32 Å². The van der Waals surface area contributed by atoms with Gasteiger partial charge in [0.1, 0.15) is 9.84 Å². The third-order valence-corrected chi connectivity index (χ3v) is 5.70. The molecule has 20 heavy (non-hydrogen) atoms. The Balaban J connectivity index is 2.10. The van der Waals surface area contributed by atoms with Crippen LogP contribution in [0.4, 0.5) is 5.69 Å². The van der Waals surface area contributed by atoms with Crippen LogP contribution in [0.2, 0.25) is 10.0 Å². The first-order valence-electron chi connectivity index (χ1n) is 6.04. The van der Waals surface area contributed by atoms with Gasteiger partial charge in [-0.25, -0.2) is 8.42 Å². The molecule has 5 nitrogen and oxygen atoms in total. The van der Waals surface area contributed by atoms with E-state index in [9.17, 15) is 13.2 Å². The van der Waals surface area contributed by atoms with E-state index < -0.39 is 15.7 Å². The Hall–Kier alpha value is -0.980. The van der Waals surface area contributed by atoms with E-state index in [-0.39, 0.29) is 33.2 Å². The summed E-state index contributed by atoms with van der Waals surface area (Å²) in [6, 6.07) is 2.74. The van der Waals surface area contributed by atoms with Gasteiger partial charge in [0.25, 0.3) is 5.91 Å². The largest absolute Gasteiger partial charge is 0.399 e. The highest BCUT2D eigenvalue weighted by Crippen LogP contribution is 2.29. The van der Waals surface area contributed by atoms with Gasteiger partial charge in [0.15, 0.2) is 0 Å². The summed E-state index contributed by atoms with van der Waals surface area (Å²) in [6.45, 7) is 0. The summed E-state index contributed by atoms with van der Waals surface area (Å²) >= 11 is 11.9. The molecule has 0 aromatic heterocycles. The quantitative estimate of drug-likeness (QED) is 0.807. The molecular formula is C12H14Cl2N2O3S. The summed E-state index contributed by atoms with van der Waals surface area (Å²) in [4.78, 5) is 12.1. The first kappa shape index (κ1) is 15.4. The van der Waals surface area contributed by atoms with Crippen molar-refractivity contribution in [2.45, 2.75) is 18.9 Å². The molecule has 0 unspecified atom stereocenters. The van der Waals surface area contributed by atoms with Gasteiger partial charge in [-0.2, -0.15) is 0 Å². The minimum Gasteiger partial charge on any atom is -0.399 e. The van der Waals surface area contributed by atoms with Crippen LogP contribution in [0.3, 0.4) is 0 Å². The number of hydrogen-bond donors (Lipinski definition) is 2. The van der Waals surface area contributed by atoms with Gasteiger partial charge in [-0.3, -0.25) is 4.79 Å². The molecule has 0 atom stereocenters. The third kappa shape index (κ3) is 3.56. The van der Waals surface area contributed by atoms with E-state index in [4.69, 9.17) is 28.9 Å². The highest BCUT2D eigenvalue weighted by atomic mass is 35.5. The van der Waals surface area contributed by atoms with Crippen molar-refractivity contribution in [1.82, 2.24) is 5.32 Å². The summed E-state index contributed by atoms with van der Waals surface area (Å²) in [5.41, 5.74) is 6.17. The molecular weight excluding hydrogens is 323 g/mol. The molecule has 0 bridgehead atoms. The van der Waals surface area contributed by atoms with Gasteiger partial charge in [0, 0.05) is 11.7 Å². The van der Waals surface area contributed by atoms with Gasteiger partial charge in [-0.1, -0.05) is 23.2 Å². The lowest BCUT2D eigenvalue weighted by Crippen LogP contribution is -2.41. The van der Waals surface area contributed by atoms with Crippen LogP contribution in [0.25, 0.3) is 0 Å². The van der Waals surface area contributed by atoms with Gasteiger partial charge < -0.3 is 11.1 Å². The second-order valence-electron chi connectivity index (χ2n) is 4.76. The van der Waals surface area contributed by atoms with E-state index in [1.54, 1.807) is 0 Å². The maximum atomic E-state index is 12.1. The van der Waals surface area contributed by atoms with Crippen LogP contribution in [0.15, 0.2) is 12.1 Å². The number of carbonyl (C=O) groups is 1. The Labute approximate surface area is 127 Å². The fourth-order valence-corrected chi connectivity index (χ4v) is 3.99. The standard InChI is InChI=1S/C12H14Cl2N2O3S/c13-10-6-7(15)5-9(11(10)14)12(17)16-8-1-3-20(18,19)4-2-8/h5-6,8H,1-4,15H2,(H,16,17). The molecule has 1 aliphatic heterocycles. The van der Waals surface area contributed by atoms with Crippen molar-refractivity contribution in [2.75, 3.05) is 17.2 Å². The molecule has 0 saturated carbocycles. The highest BCUT2D eigenvalue weighted by Gasteiger charge is 2.25. The Kier molecular flexibility index (Phi) is 4.46. The van der Waals surface area contributed by atoms with Gasteiger partial charge in [-0.05, 0) is 25.0 Å². The fourth-order valence-electron chi connectivity index (χ4n) is 2.07. The molecule has 0 spiro atoms. The molecule has 110 valence electrons. The molecule has 1 fully saturated rings. The zero-order valence-electron chi connectivity index (χ0n) is 10.5. The van der Waals surface area contributed by atoms with Crippen molar-refractivity contribution >= 4 is 44.6 Å². The summed E-state index contributed by atoms with van der Waals surface area (Å²) in [5, 5.41) is 3.12. The van der Waals surface area contributed by atoms with Gasteiger partial charge in [0.05, 0.1) is 27.1 Å². The van der Waals surface area contributed by atoms with Crippen LogP contribution in [0.5, 0.6) is 0 Å². The van der Waals surface area contributed by atoms with E-state index in [1.165, 1.54) is 12.1 Å². The molecule has 1 saturated heterocycles. The molecule has 1 aromatic carbocycles. The average molecular weight is 337 g/mol. The number of sulfone groups is 1. The van der Waals surface area contributed by atoms with Gasteiger partial charge in [0.2, 0.25) is 0 Å². The van der Waals surface area contributed by atoms with Crippen molar-refractivity contribution in [3.8, 4) is 0 Å². The molecule has 1 heterocycles. The Bertz CT molecular complexity index is 632. The van der Waals surface area contributed by atoms with Crippen molar-refractivity contribution in [1.29, 1.82) is 0 Å². The van der Waals surface area contributed by atoms with Gasteiger partial charge in [-0.15, -0.1) is 0 Å². The van der Waals surface area contributed by atoms with Crippen LogP contribution < -0.4 is 11.1 Å². The normalized spacial score (nSPS) is 18.7. The number of amides is 1. The zero-order chi connectivity index (χ0) is 14.9. The number of carbonyl (C=O) groups excluding carboxylic acids is 1. The van der Waals surface area contributed by atoms with Crippen LogP contribution in [0.1, 0.15) is 23.2 Å². The number of benzene rings is 1. The van der Waals surface area contributed by atoms with Crippen LogP contribution in [0, 0.1) is 0 Å². The Morgan fingerprint density at radius 3 is 2.45 bits per heavy atom. The van der Waals surface area contributed by atoms with Crippen LogP contribution in [-0.4, -0.2) is 31.9 Å². The highest BCUT2D eigenvalue weighted by molar-refractivity contribution is 7.91. The lowest BCUT2D eigenvalue weighted by atomic mass is 10.1. The predicted molar refractivity (Wildman–Crippen MR) is 80.0 cm³/mol. The number of nitrogens with two attached hydrogens (primary N) is 1. The maximum absolute atomic E-state index is 12.1. The number of halogens is 2. The van der Waals surface area contributed by atoms with Crippen molar-refractivity contribution in [3.63, 3.8) is 0 Å². The molecule has 0 radical (unpaired) electrons. The Morgan fingerprint density at radius 2 is 1.85 bits per heavy atom.